The summed E-state index contributed by atoms with van der Waals surface area (Å²) in [4.78, 5) is 21.3. The van der Waals surface area contributed by atoms with Gasteiger partial charge in [-0.2, -0.15) is 0 Å². The predicted molar refractivity (Wildman–Crippen MR) is 84.7 cm³/mol. The normalized spacial score (nSPS) is 23.6. The molecule has 5 nitrogen and oxygen atoms in total. The van der Waals surface area contributed by atoms with E-state index in [2.05, 4.69) is 9.98 Å². The summed E-state index contributed by atoms with van der Waals surface area (Å²) in [6.45, 7) is 3.78. The van der Waals surface area contributed by atoms with Crippen LogP contribution in [-0.4, -0.2) is 22.6 Å². The molecule has 1 aliphatic rings. The maximum Gasteiger partial charge on any atom is 0.340 e. The summed E-state index contributed by atoms with van der Waals surface area (Å²) in [7, 11) is 0. The Morgan fingerprint density at radius 1 is 1.43 bits per heavy atom. The average Bonchev–Trinajstić information content (AvgIpc) is 3.16. The number of carbonyl (C=O) groups is 1. The maximum atomic E-state index is 13.3. The van der Waals surface area contributed by atoms with Gasteiger partial charge in [-0.15, -0.1) is 0 Å². The fourth-order valence-electron chi connectivity index (χ4n) is 2.64. The number of carbonyl (C=O) groups excluding carboxylic acids is 1. The number of aromatic nitrogens is 1. The average molecular weight is 334 g/mol. The highest BCUT2D eigenvalue weighted by Gasteiger charge is 2.55. The monoisotopic (exact) mass is 334 g/mol. The number of benzene rings is 1. The van der Waals surface area contributed by atoms with Crippen molar-refractivity contribution in [1.82, 2.24) is 4.98 Å². The van der Waals surface area contributed by atoms with Crippen molar-refractivity contribution in [3.8, 4) is 0 Å². The van der Waals surface area contributed by atoms with Gasteiger partial charge in [-0.05, 0) is 31.5 Å². The van der Waals surface area contributed by atoms with Gasteiger partial charge in [0, 0.05) is 0 Å². The van der Waals surface area contributed by atoms with Crippen molar-refractivity contribution in [2.75, 3.05) is 6.61 Å². The molecule has 0 saturated heterocycles. The molecule has 0 spiro atoms. The minimum Gasteiger partial charge on any atom is -0.464 e. The van der Waals surface area contributed by atoms with Crippen LogP contribution in [-0.2, 0) is 15.1 Å². The Morgan fingerprint density at radius 3 is 2.78 bits per heavy atom. The lowest BCUT2D eigenvalue weighted by Crippen LogP contribution is -2.38. The van der Waals surface area contributed by atoms with Gasteiger partial charge < -0.3 is 9.15 Å². The van der Waals surface area contributed by atoms with Crippen molar-refractivity contribution in [2.45, 2.75) is 24.6 Å². The highest BCUT2D eigenvalue weighted by Crippen LogP contribution is 2.53. The van der Waals surface area contributed by atoms with Gasteiger partial charge in [0.1, 0.15) is 16.8 Å². The first-order chi connectivity index (χ1) is 11.1. The number of oxazole rings is 1. The van der Waals surface area contributed by atoms with E-state index in [0.717, 1.165) is 5.04 Å². The summed E-state index contributed by atoms with van der Waals surface area (Å²) in [5, 5.41) is 0.276. The fraction of sp³-hybridized carbons (Fsp3) is 0.312. The zero-order valence-corrected chi connectivity index (χ0v) is 13.5. The highest BCUT2D eigenvalue weighted by molar-refractivity contribution is 8.14. The molecule has 1 aromatic carbocycles. The Morgan fingerprint density at radius 2 is 2.17 bits per heavy atom. The minimum atomic E-state index is -1.31. The third-order valence-electron chi connectivity index (χ3n) is 3.58. The lowest BCUT2D eigenvalue weighted by molar-refractivity contribution is -0.150. The summed E-state index contributed by atoms with van der Waals surface area (Å²) < 4.78 is 24.0. The SMILES string of the molecule is CCOC(=O)C1(c2ccc(F)cc2)N=C(C)SC1c1cnco1. The molecular formula is C16H15FN2O3S. The van der Waals surface area contributed by atoms with Crippen molar-refractivity contribution >= 4 is 22.8 Å². The van der Waals surface area contributed by atoms with Crippen LogP contribution < -0.4 is 0 Å². The first-order valence-corrected chi connectivity index (χ1v) is 8.00. The summed E-state index contributed by atoms with van der Waals surface area (Å²) in [5.74, 6) is -0.347. The molecule has 0 bridgehead atoms. The summed E-state index contributed by atoms with van der Waals surface area (Å²) in [6.07, 6.45) is 2.87. The van der Waals surface area contributed by atoms with Gasteiger partial charge >= 0.3 is 5.97 Å². The van der Waals surface area contributed by atoms with Crippen LogP contribution >= 0.6 is 11.8 Å². The number of thioether (sulfide) groups is 1. The lowest BCUT2D eigenvalue weighted by atomic mass is 9.85. The Kier molecular flexibility index (Phi) is 4.21. The van der Waals surface area contributed by atoms with Crippen LogP contribution in [0, 0.1) is 5.82 Å². The first kappa shape index (κ1) is 15.7. The largest absolute Gasteiger partial charge is 0.464 e. The van der Waals surface area contributed by atoms with Crippen LogP contribution in [0.1, 0.15) is 30.4 Å². The molecular weight excluding hydrogens is 319 g/mol. The molecule has 0 fully saturated rings. The van der Waals surface area contributed by atoms with E-state index in [1.54, 1.807) is 25.3 Å². The van der Waals surface area contributed by atoms with Crippen molar-refractivity contribution in [1.29, 1.82) is 0 Å². The summed E-state index contributed by atoms with van der Waals surface area (Å²) in [5.41, 5.74) is -0.749. The molecule has 2 heterocycles. The minimum absolute atomic E-state index is 0.226. The van der Waals surface area contributed by atoms with E-state index in [0.29, 0.717) is 11.3 Å². The van der Waals surface area contributed by atoms with Crippen LogP contribution in [0.4, 0.5) is 4.39 Å². The van der Waals surface area contributed by atoms with E-state index in [9.17, 15) is 9.18 Å². The smallest absolute Gasteiger partial charge is 0.340 e. The zero-order valence-electron chi connectivity index (χ0n) is 12.7. The summed E-state index contributed by atoms with van der Waals surface area (Å²) in [6, 6.07) is 5.72. The second-order valence-corrected chi connectivity index (χ2v) is 6.32. The first-order valence-electron chi connectivity index (χ1n) is 7.12. The molecule has 2 unspecified atom stereocenters. The van der Waals surface area contributed by atoms with E-state index in [4.69, 9.17) is 9.15 Å². The molecule has 7 heteroatoms. The second-order valence-electron chi connectivity index (χ2n) is 5.03. The van der Waals surface area contributed by atoms with Crippen LogP contribution in [0.15, 0.2) is 46.3 Å². The molecule has 3 rings (SSSR count). The Balaban J connectivity index is 2.17. The van der Waals surface area contributed by atoms with E-state index in [1.165, 1.54) is 30.3 Å². The summed E-state index contributed by atoms with van der Waals surface area (Å²) >= 11 is 1.41. The molecule has 0 saturated carbocycles. The number of hydrogen-bond acceptors (Lipinski definition) is 6. The number of halogens is 1. The zero-order chi connectivity index (χ0) is 16.4. The van der Waals surface area contributed by atoms with Crippen LogP contribution in [0.25, 0.3) is 0 Å². The maximum absolute atomic E-state index is 13.3. The molecule has 1 aromatic heterocycles. The molecule has 0 amide bonds. The number of aliphatic imine (C=N–C) groups is 1. The number of esters is 1. The fourth-order valence-corrected chi connectivity index (χ4v) is 3.87. The number of hydrogen-bond donors (Lipinski definition) is 0. The second kappa shape index (κ2) is 6.16. The molecule has 0 N–H and O–H groups in total. The van der Waals surface area contributed by atoms with Gasteiger partial charge in [-0.3, -0.25) is 4.99 Å². The third-order valence-corrected chi connectivity index (χ3v) is 4.82. The van der Waals surface area contributed by atoms with Crippen LogP contribution in [0.2, 0.25) is 0 Å². The van der Waals surface area contributed by atoms with Crippen molar-refractivity contribution in [3.63, 3.8) is 0 Å². The van der Waals surface area contributed by atoms with Crippen LogP contribution in [0.3, 0.4) is 0 Å². The van der Waals surface area contributed by atoms with Crippen molar-refractivity contribution in [2.24, 2.45) is 4.99 Å². The van der Waals surface area contributed by atoms with E-state index >= 15 is 0 Å². The number of rotatable bonds is 4. The Bertz CT molecular complexity index is 730. The molecule has 2 aromatic rings. The number of ether oxygens (including phenoxy) is 1. The Labute approximate surface area is 137 Å². The van der Waals surface area contributed by atoms with Crippen molar-refractivity contribution < 1.29 is 18.3 Å². The van der Waals surface area contributed by atoms with Gasteiger partial charge in [0.15, 0.2) is 6.39 Å². The van der Waals surface area contributed by atoms with Gasteiger partial charge in [-0.1, -0.05) is 23.9 Å². The molecule has 0 radical (unpaired) electrons. The standard InChI is InChI=1S/C16H15FN2O3S/c1-3-21-15(20)16(11-4-6-12(17)7-5-11)14(23-10(2)19-16)13-8-18-9-22-13/h4-9,14H,3H2,1-2H3. The molecule has 1 aliphatic heterocycles. The Hall–Kier alpha value is -2.15. The quantitative estimate of drug-likeness (QED) is 0.801. The lowest BCUT2D eigenvalue weighted by Gasteiger charge is -2.29. The van der Waals surface area contributed by atoms with Gasteiger partial charge in [0.2, 0.25) is 5.54 Å². The van der Waals surface area contributed by atoms with Crippen molar-refractivity contribution in [3.05, 3.63) is 54.0 Å². The van der Waals surface area contributed by atoms with Gasteiger partial charge in [-0.25, -0.2) is 14.2 Å². The predicted octanol–water partition coefficient (Wildman–Crippen LogP) is 3.48. The third kappa shape index (κ3) is 2.65. The van der Waals surface area contributed by atoms with Crippen LogP contribution in [0.5, 0.6) is 0 Å². The molecule has 2 atom stereocenters. The van der Waals surface area contributed by atoms with E-state index < -0.39 is 16.8 Å². The molecule has 23 heavy (non-hydrogen) atoms. The number of nitrogens with zero attached hydrogens (tertiary/aromatic N) is 2. The topological polar surface area (TPSA) is 64.7 Å². The molecule has 120 valence electrons. The van der Waals surface area contributed by atoms with Gasteiger partial charge in [0.25, 0.3) is 0 Å². The van der Waals surface area contributed by atoms with E-state index in [1.807, 2.05) is 6.92 Å². The molecule has 0 aliphatic carbocycles. The highest BCUT2D eigenvalue weighted by atomic mass is 32.2. The van der Waals surface area contributed by atoms with Gasteiger partial charge in [0.05, 0.1) is 17.8 Å². The van der Waals surface area contributed by atoms with E-state index in [-0.39, 0.29) is 12.4 Å².